The summed E-state index contributed by atoms with van der Waals surface area (Å²) in [4.78, 5) is 22.2. The van der Waals surface area contributed by atoms with Gasteiger partial charge in [-0.2, -0.15) is 0 Å². The topological polar surface area (TPSA) is 46.2 Å². The average molecular weight is 201 g/mol. The number of hydrogen-bond acceptors (Lipinski definition) is 2. The van der Waals surface area contributed by atoms with Gasteiger partial charge in [0.15, 0.2) is 0 Å². The molecule has 1 aliphatic heterocycles. The smallest absolute Gasteiger partial charge is 0.254 e. The van der Waals surface area contributed by atoms with Crippen molar-refractivity contribution in [2.24, 2.45) is 0 Å². The number of nitrogens with one attached hydrogen (secondary N) is 1. The number of amides is 2. The maximum Gasteiger partial charge on any atom is 0.254 e. The minimum absolute atomic E-state index is 0.277. The molecule has 0 atom stereocenters. The summed E-state index contributed by atoms with van der Waals surface area (Å²) in [6, 6.07) is 7.91. The van der Waals surface area contributed by atoms with E-state index in [1.165, 1.54) is 11.6 Å². The second kappa shape index (κ2) is 3.69. The fourth-order valence-corrected chi connectivity index (χ4v) is 1.51. The fourth-order valence-electron chi connectivity index (χ4n) is 1.51. The first-order valence-electron chi connectivity index (χ1n) is 4.76. The van der Waals surface area contributed by atoms with Crippen LogP contribution in [0.5, 0.6) is 0 Å². The number of carbonyl (C=O) groups is 2. The Morgan fingerprint density at radius 3 is 2.33 bits per heavy atom. The molecule has 0 unspecified atom stereocenters. The van der Waals surface area contributed by atoms with E-state index in [0.29, 0.717) is 12.0 Å². The lowest BCUT2D eigenvalue weighted by atomic mass is 10.0. The van der Waals surface area contributed by atoms with Crippen molar-refractivity contribution in [1.29, 1.82) is 0 Å². The zero-order valence-electron chi connectivity index (χ0n) is 8.41. The number of rotatable bonds is 2. The molecule has 0 aromatic heterocycles. The Labute approximate surface area is 87.8 Å². The maximum atomic E-state index is 11.3. The summed E-state index contributed by atoms with van der Waals surface area (Å²) < 4.78 is 0. The van der Waals surface area contributed by atoms with Crippen molar-refractivity contribution in [3.63, 3.8) is 0 Å². The first kappa shape index (κ1) is 9.65. The van der Waals surface area contributed by atoms with Crippen LogP contribution in [0.4, 0.5) is 0 Å². The summed E-state index contributed by atoms with van der Waals surface area (Å²) in [5.41, 5.74) is 2.75. The molecule has 3 nitrogen and oxygen atoms in total. The third kappa shape index (κ3) is 2.13. The summed E-state index contributed by atoms with van der Waals surface area (Å²) >= 11 is 0. The van der Waals surface area contributed by atoms with Gasteiger partial charge in [-0.15, -0.1) is 0 Å². The van der Waals surface area contributed by atoms with Crippen molar-refractivity contribution in [2.75, 3.05) is 0 Å². The third-order valence-corrected chi connectivity index (χ3v) is 2.35. The van der Waals surface area contributed by atoms with Crippen molar-refractivity contribution in [3.05, 3.63) is 47.0 Å². The molecule has 0 radical (unpaired) electrons. The van der Waals surface area contributed by atoms with E-state index in [2.05, 4.69) is 5.32 Å². The molecule has 76 valence electrons. The molecule has 2 rings (SSSR count). The molecule has 1 aliphatic rings. The molecule has 0 aliphatic carbocycles. The van der Waals surface area contributed by atoms with Crippen molar-refractivity contribution < 1.29 is 9.59 Å². The van der Waals surface area contributed by atoms with Crippen LogP contribution in [0.15, 0.2) is 35.9 Å². The van der Waals surface area contributed by atoms with E-state index in [1.807, 2.05) is 31.2 Å². The minimum atomic E-state index is -0.317. The Morgan fingerprint density at radius 1 is 1.13 bits per heavy atom. The van der Waals surface area contributed by atoms with Crippen molar-refractivity contribution in [1.82, 2.24) is 5.32 Å². The lowest BCUT2D eigenvalue weighted by Gasteiger charge is -2.01. The van der Waals surface area contributed by atoms with E-state index in [4.69, 9.17) is 0 Å². The van der Waals surface area contributed by atoms with Crippen LogP contribution in [0.3, 0.4) is 0 Å². The number of imide groups is 1. The van der Waals surface area contributed by atoms with Gasteiger partial charge in [-0.25, -0.2) is 0 Å². The summed E-state index contributed by atoms with van der Waals surface area (Å²) in [6.07, 6.45) is 1.88. The average Bonchev–Trinajstić information content (AvgIpc) is 2.49. The van der Waals surface area contributed by atoms with Crippen LogP contribution in [0.1, 0.15) is 11.1 Å². The number of benzene rings is 1. The molecular formula is C12H11NO2. The van der Waals surface area contributed by atoms with E-state index >= 15 is 0 Å². The molecule has 1 heterocycles. The maximum absolute atomic E-state index is 11.3. The van der Waals surface area contributed by atoms with Gasteiger partial charge in [-0.3, -0.25) is 14.9 Å². The van der Waals surface area contributed by atoms with Gasteiger partial charge in [0, 0.05) is 18.1 Å². The van der Waals surface area contributed by atoms with Gasteiger partial charge in [0.25, 0.3) is 11.8 Å². The zero-order valence-corrected chi connectivity index (χ0v) is 8.41. The molecule has 0 bridgehead atoms. The van der Waals surface area contributed by atoms with Crippen LogP contribution in [0.2, 0.25) is 0 Å². The van der Waals surface area contributed by atoms with Crippen molar-refractivity contribution >= 4 is 11.8 Å². The van der Waals surface area contributed by atoms with E-state index in [0.717, 1.165) is 5.56 Å². The standard InChI is InChI=1S/C12H11NO2/c1-8-2-4-9(5-3-8)6-10-7-11(14)13-12(10)15/h2-5,7H,6H2,1H3,(H,13,14,15). The van der Waals surface area contributed by atoms with Crippen LogP contribution in [0, 0.1) is 6.92 Å². The van der Waals surface area contributed by atoms with Crippen LogP contribution in [-0.4, -0.2) is 11.8 Å². The molecule has 1 aromatic rings. The molecular weight excluding hydrogens is 190 g/mol. The molecule has 2 amide bonds. The fraction of sp³-hybridized carbons (Fsp3) is 0.167. The first-order valence-corrected chi connectivity index (χ1v) is 4.76. The van der Waals surface area contributed by atoms with E-state index in [1.54, 1.807) is 0 Å². The SMILES string of the molecule is Cc1ccc(CC2=CC(=O)NC2=O)cc1. The zero-order chi connectivity index (χ0) is 10.8. The van der Waals surface area contributed by atoms with Crippen LogP contribution in [-0.2, 0) is 16.0 Å². The third-order valence-electron chi connectivity index (χ3n) is 2.35. The molecule has 15 heavy (non-hydrogen) atoms. The normalized spacial score (nSPS) is 15.1. The van der Waals surface area contributed by atoms with Gasteiger partial charge in [-0.1, -0.05) is 29.8 Å². The second-order valence-electron chi connectivity index (χ2n) is 3.65. The molecule has 3 heteroatoms. The highest BCUT2D eigenvalue weighted by Crippen LogP contribution is 2.12. The summed E-state index contributed by atoms with van der Waals surface area (Å²) in [5.74, 6) is -0.595. The van der Waals surface area contributed by atoms with Gasteiger partial charge in [0.2, 0.25) is 0 Å². The summed E-state index contributed by atoms with van der Waals surface area (Å²) in [5, 5.41) is 2.23. The van der Waals surface area contributed by atoms with Crippen LogP contribution >= 0.6 is 0 Å². The molecule has 0 fully saturated rings. The Kier molecular flexibility index (Phi) is 2.37. The van der Waals surface area contributed by atoms with Gasteiger partial charge in [0.1, 0.15) is 0 Å². The van der Waals surface area contributed by atoms with Gasteiger partial charge >= 0.3 is 0 Å². The molecule has 0 saturated heterocycles. The Hall–Kier alpha value is -1.90. The van der Waals surface area contributed by atoms with Crippen molar-refractivity contribution in [3.8, 4) is 0 Å². The van der Waals surface area contributed by atoms with Crippen molar-refractivity contribution in [2.45, 2.75) is 13.3 Å². The Bertz CT molecular complexity index is 443. The monoisotopic (exact) mass is 201 g/mol. The predicted molar refractivity (Wildman–Crippen MR) is 56.1 cm³/mol. The first-order chi connectivity index (χ1) is 7.15. The molecule has 0 spiro atoms. The van der Waals surface area contributed by atoms with Crippen LogP contribution in [0.25, 0.3) is 0 Å². The molecule has 1 aromatic carbocycles. The van der Waals surface area contributed by atoms with E-state index in [9.17, 15) is 9.59 Å². The van der Waals surface area contributed by atoms with Gasteiger partial charge in [0.05, 0.1) is 0 Å². The van der Waals surface area contributed by atoms with E-state index in [-0.39, 0.29) is 11.8 Å². The minimum Gasteiger partial charge on any atom is -0.289 e. The molecule has 0 saturated carbocycles. The Morgan fingerprint density at radius 2 is 1.80 bits per heavy atom. The number of aryl methyl sites for hydroxylation is 1. The lowest BCUT2D eigenvalue weighted by Crippen LogP contribution is -2.22. The lowest BCUT2D eigenvalue weighted by molar-refractivity contribution is -0.123. The number of hydrogen-bond donors (Lipinski definition) is 1. The van der Waals surface area contributed by atoms with Crippen LogP contribution < -0.4 is 5.32 Å². The highest BCUT2D eigenvalue weighted by Gasteiger charge is 2.20. The van der Waals surface area contributed by atoms with Gasteiger partial charge in [-0.05, 0) is 12.5 Å². The second-order valence-corrected chi connectivity index (χ2v) is 3.65. The predicted octanol–water partition coefficient (Wildman–Crippen LogP) is 1.12. The summed E-state index contributed by atoms with van der Waals surface area (Å²) in [6.45, 7) is 2.01. The quantitative estimate of drug-likeness (QED) is 0.729. The molecule has 1 N–H and O–H groups in total. The number of carbonyl (C=O) groups excluding carboxylic acids is 2. The van der Waals surface area contributed by atoms with E-state index < -0.39 is 0 Å². The summed E-state index contributed by atoms with van der Waals surface area (Å²) in [7, 11) is 0. The highest BCUT2D eigenvalue weighted by molar-refractivity contribution is 6.16. The Balaban J connectivity index is 2.16. The highest BCUT2D eigenvalue weighted by atomic mass is 16.2. The largest absolute Gasteiger partial charge is 0.289 e. The van der Waals surface area contributed by atoms with Gasteiger partial charge < -0.3 is 0 Å².